The van der Waals surface area contributed by atoms with Gasteiger partial charge in [0.05, 0.1) is 26.4 Å². The smallest absolute Gasteiger partial charge is 0.191 e. The summed E-state index contributed by atoms with van der Waals surface area (Å²) >= 11 is 0. The van der Waals surface area contributed by atoms with Crippen LogP contribution in [0.5, 0.6) is 5.75 Å². The number of rotatable bonds is 4. The fourth-order valence-electron chi connectivity index (χ4n) is 2.14. The molecule has 1 heterocycles. The summed E-state index contributed by atoms with van der Waals surface area (Å²) in [4.78, 5) is 6.53. The Kier molecular flexibility index (Phi) is 7.81. The number of hydrogen-bond acceptors (Lipinski definition) is 3. The molecule has 2 N–H and O–H groups in total. The molecule has 1 aromatic carbocycles. The van der Waals surface area contributed by atoms with Crippen LogP contribution in [-0.2, 0) is 11.3 Å². The highest BCUT2D eigenvalue weighted by Crippen LogP contribution is 2.21. The zero-order chi connectivity index (χ0) is 14.4. The van der Waals surface area contributed by atoms with E-state index in [0.29, 0.717) is 32.3 Å². The number of morpholine rings is 1. The second-order valence-electron chi connectivity index (χ2n) is 4.82. The maximum atomic E-state index is 6.03. The van der Waals surface area contributed by atoms with Crippen molar-refractivity contribution in [3.8, 4) is 5.75 Å². The van der Waals surface area contributed by atoms with Crippen LogP contribution in [0.1, 0.15) is 18.1 Å². The van der Waals surface area contributed by atoms with Crippen LogP contribution in [0, 0.1) is 6.92 Å². The number of halogens is 1. The van der Waals surface area contributed by atoms with Gasteiger partial charge >= 0.3 is 0 Å². The highest BCUT2D eigenvalue weighted by atomic mass is 127. The Labute approximate surface area is 143 Å². The minimum atomic E-state index is 0. The number of guanidine groups is 1. The van der Waals surface area contributed by atoms with Crippen molar-refractivity contribution in [2.24, 2.45) is 10.7 Å². The third-order valence-electron chi connectivity index (χ3n) is 3.27. The molecule has 0 spiro atoms. The van der Waals surface area contributed by atoms with Gasteiger partial charge in [0.15, 0.2) is 5.96 Å². The van der Waals surface area contributed by atoms with Gasteiger partial charge in [0.25, 0.3) is 0 Å². The Morgan fingerprint density at radius 2 is 2.10 bits per heavy atom. The lowest BCUT2D eigenvalue weighted by molar-refractivity contribution is 0.0674. The average Bonchev–Trinajstić information content (AvgIpc) is 2.47. The van der Waals surface area contributed by atoms with E-state index < -0.39 is 0 Å². The maximum Gasteiger partial charge on any atom is 0.191 e. The van der Waals surface area contributed by atoms with Crippen molar-refractivity contribution in [1.82, 2.24) is 4.90 Å². The summed E-state index contributed by atoms with van der Waals surface area (Å²) in [5, 5.41) is 0. The molecular formula is C15H24IN3O2. The van der Waals surface area contributed by atoms with Gasteiger partial charge in [0.2, 0.25) is 0 Å². The van der Waals surface area contributed by atoms with E-state index in [9.17, 15) is 0 Å². The Morgan fingerprint density at radius 1 is 1.38 bits per heavy atom. The zero-order valence-electron chi connectivity index (χ0n) is 12.7. The number of aryl methyl sites for hydroxylation is 1. The molecule has 1 aliphatic heterocycles. The quantitative estimate of drug-likeness (QED) is 0.474. The second-order valence-corrected chi connectivity index (χ2v) is 4.82. The van der Waals surface area contributed by atoms with Gasteiger partial charge in [-0.05, 0) is 25.5 Å². The first-order valence-electron chi connectivity index (χ1n) is 7.05. The summed E-state index contributed by atoms with van der Waals surface area (Å²) in [6.07, 6.45) is 0. The first kappa shape index (κ1) is 18.0. The van der Waals surface area contributed by atoms with Gasteiger partial charge in [0, 0.05) is 18.7 Å². The average molecular weight is 405 g/mol. The van der Waals surface area contributed by atoms with Gasteiger partial charge in [-0.25, -0.2) is 4.99 Å². The molecule has 5 nitrogen and oxygen atoms in total. The van der Waals surface area contributed by atoms with Crippen molar-refractivity contribution < 1.29 is 9.47 Å². The molecule has 0 saturated carbocycles. The van der Waals surface area contributed by atoms with Crippen LogP contribution >= 0.6 is 24.0 Å². The standard InChI is InChI=1S/C15H23N3O2.HI/c1-3-20-14-10-12(2)4-5-13(14)11-17-15(16)18-6-8-19-9-7-18;/h4-5,10H,3,6-9,11H2,1-2H3,(H2,16,17);1H. The van der Waals surface area contributed by atoms with Crippen LogP contribution in [0.15, 0.2) is 23.2 Å². The number of ether oxygens (including phenoxy) is 2. The molecule has 118 valence electrons. The molecule has 6 heteroatoms. The first-order valence-corrected chi connectivity index (χ1v) is 7.05. The number of nitrogens with two attached hydrogens (primary N) is 1. The van der Waals surface area contributed by atoms with Gasteiger partial charge in [-0.2, -0.15) is 0 Å². The van der Waals surface area contributed by atoms with E-state index in [-0.39, 0.29) is 24.0 Å². The summed E-state index contributed by atoms with van der Waals surface area (Å²) in [5.74, 6) is 1.47. The predicted molar refractivity (Wildman–Crippen MR) is 95.5 cm³/mol. The molecule has 1 fully saturated rings. The summed E-state index contributed by atoms with van der Waals surface area (Å²) in [6.45, 7) is 8.27. The number of hydrogen-bond donors (Lipinski definition) is 1. The van der Waals surface area contributed by atoms with Crippen LogP contribution < -0.4 is 10.5 Å². The summed E-state index contributed by atoms with van der Waals surface area (Å²) in [5.41, 5.74) is 8.28. The molecule has 0 radical (unpaired) electrons. The van der Waals surface area contributed by atoms with Crippen molar-refractivity contribution in [2.75, 3.05) is 32.9 Å². The third kappa shape index (κ3) is 5.35. The van der Waals surface area contributed by atoms with Gasteiger partial charge in [-0.3, -0.25) is 0 Å². The lowest BCUT2D eigenvalue weighted by Crippen LogP contribution is -2.44. The largest absolute Gasteiger partial charge is 0.494 e. The Balaban J connectivity index is 0.00000220. The molecule has 0 bridgehead atoms. The third-order valence-corrected chi connectivity index (χ3v) is 3.27. The van der Waals surface area contributed by atoms with Crippen molar-refractivity contribution in [1.29, 1.82) is 0 Å². The van der Waals surface area contributed by atoms with E-state index in [1.54, 1.807) is 0 Å². The molecule has 0 aromatic heterocycles. The molecule has 0 amide bonds. The molecular weight excluding hydrogens is 381 g/mol. The Bertz CT molecular complexity index is 474. The first-order chi connectivity index (χ1) is 9.70. The van der Waals surface area contributed by atoms with E-state index in [4.69, 9.17) is 15.2 Å². The number of aliphatic imine (C=N–C) groups is 1. The predicted octanol–water partition coefficient (Wildman–Crippen LogP) is 2.16. The highest BCUT2D eigenvalue weighted by molar-refractivity contribution is 14.0. The molecule has 0 aliphatic carbocycles. The Hall–Kier alpha value is -1.02. The van der Waals surface area contributed by atoms with Crippen molar-refractivity contribution in [3.63, 3.8) is 0 Å². The van der Waals surface area contributed by atoms with E-state index >= 15 is 0 Å². The lowest BCUT2D eigenvalue weighted by atomic mass is 10.1. The molecule has 0 unspecified atom stereocenters. The lowest BCUT2D eigenvalue weighted by Gasteiger charge is -2.27. The van der Waals surface area contributed by atoms with Crippen LogP contribution in [-0.4, -0.2) is 43.8 Å². The minimum Gasteiger partial charge on any atom is -0.494 e. The van der Waals surface area contributed by atoms with Crippen molar-refractivity contribution in [2.45, 2.75) is 20.4 Å². The maximum absolute atomic E-state index is 6.03. The Morgan fingerprint density at radius 3 is 2.76 bits per heavy atom. The van der Waals surface area contributed by atoms with Crippen LogP contribution in [0.3, 0.4) is 0 Å². The number of benzene rings is 1. The topological polar surface area (TPSA) is 60.1 Å². The second kappa shape index (κ2) is 9.09. The van der Waals surface area contributed by atoms with Crippen molar-refractivity contribution in [3.05, 3.63) is 29.3 Å². The summed E-state index contributed by atoms with van der Waals surface area (Å²) in [7, 11) is 0. The molecule has 21 heavy (non-hydrogen) atoms. The van der Waals surface area contributed by atoms with Gasteiger partial charge in [-0.1, -0.05) is 12.1 Å². The molecule has 2 rings (SSSR count). The zero-order valence-corrected chi connectivity index (χ0v) is 15.0. The minimum absolute atomic E-state index is 0. The van der Waals surface area contributed by atoms with Gasteiger partial charge in [-0.15, -0.1) is 24.0 Å². The van der Waals surface area contributed by atoms with E-state index in [0.717, 1.165) is 24.4 Å². The van der Waals surface area contributed by atoms with E-state index in [1.807, 2.05) is 13.0 Å². The van der Waals surface area contributed by atoms with Gasteiger partial charge < -0.3 is 20.1 Å². The van der Waals surface area contributed by atoms with E-state index in [2.05, 4.69) is 28.9 Å². The van der Waals surface area contributed by atoms with Crippen LogP contribution in [0.2, 0.25) is 0 Å². The van der Waals surface area contributed by atoms with Gasteiger partial charge in [0.1, 0.15) is 5.75 Å². The fraction of sp³-hybridized carbons (Fsp3) is 0.533. The SMILES string of the molecule is CCOc1cc(C)ccc1CN=C(N)N1CCOCC1.I. The number of nitrogens with zero attached hydrogens (tertiary/aromatic N) is 2. The molecule has 0 atom stereocenters. The van der Waals surface area contributed by atoms with Crippen LogP contribution in [0.25, 0.3) is 0 Å². The highest BCUT2D eigenvalue weighted by Gasteiger charge is 2.12. The summed E-state index contributed by atoms with van der Waals surface area (Å²) < 4.78 is 11.0. The molecule has 1 aromatic rings. The normalized spacial score (nSPS) is 15.5. The monoisotopic (exact) mass is 405 g/mol. The van der Waals surface area contributed by atoms with Crippen LogP contribution in [0.4, 0.5) is 0 Å². The summed E-state index contributed by atoms with van der Waals surface area (Å²) in [6, 6.07) is 6.16. The molecule has 1 saturated heterocycles. The fourth-order valence-corrected chi connectivity index (χ4v) is 2.14. The molecule has 1 aliphatic rings. The van der Waals surface area contributed by atoms with Crippen molar-refractivity contribution >= 4 is 29.9 Å². The van der Waals surface area contributed by atoms with E-state index in [1.165, 1.54) is 5.56 Å².